The van der Waals surface area contributed by atoms with Crippen LogP contribution in [0.25, 0.3) is 11.3 Å². The van der Waals surface area contributed by atoms with Crippen LogP contribution in [0.15, 0.2) is 59.1 Å². The number of halogens is 3. The summed E-state index contributed by atoms with van der Waals surface area (Å²) in [4.78, 5) is 12.0. The molecule has 1 aliphatic rings. The Hall–Kier alpha value is -3.63. The number of ether oxygens (including phenoxy) is 3. The van der Waals surface area contributed by atoms with E-state index in [2.05, 4.69) is 17.0 Å². The normalized spacial score (nSPS) is 12.4. The van der Waals surface area contributed by atoms with E-state index in [9.17, 15) is 4.79 Å². The zero-order valence-corrected chi connectivity index (χ0v) is 23.3. The molecule has 0 aliphatic heterocycles. The molecule has 3 aromatic carbocycles. The topological polar surface area (TPSA) is 70.8 Å². The van der Waals surface area contributed by atoms with Gasteiger partial charge in [0.1, 0.15) is 29.6 Å². The highest BCUT2D eigenvalue weighted by molar-refractivity contribution is 6.39. The zero-order valence-electron chi connectivity index (χ0n) is 21.0. The van der Waals surface area contributed by atoms with Gasteiger partial charge in [-0.2, -0.15) is 0 Å². The van der Waals surface area contributed by atoms with Crippen molar-refractivity contribution in [1.29, 1.82) is 0 Å². The molecule has 39 heavy (non-hydrogen) atoms. The molecule has 1 heterocycles. The third kappa shape index (κ3) is 6.02. The lowest BCUT2D eigenvalue weighted by Gasteiger charge is -2.10. The molecule has 0 spiro atoms. The van der Waals surface area contributed by atoms with Crippen LogP contribution in [0.2, 0.25) is 15.1 Å². The van der Waals surface area contributed by atoms with Gasteiger partial charge in [0.25, 0.3) is 0 Å². The van der Waals surface area contributed by atoms with Gasteiger partial charge in [0.15, 0.2) is 0 Å². The number of methoxy groups -OCH3 is 2. The number of esters is 1. The van der Waals surface area contributed by atoms with Gasteiger partial charge in [-0.05, 0) is 55.3 Å². The lowest BCUT2D eigenvalue weighted by molar-refractivity contribution is 0.0600. The molecule has 0 unspecified atom stereocenters. The van der Waals surface area contributed by atoms with Crippen LogP contribution in [0.3, 0.4) is 0 Å². The number of hydrogen-bond donors (Lipinski definition) is 0. The minimum atomic E-state index is -0.478. The lowest BCUT2D eigenvalue weighted by atomic mass is 10.0. The van der Waals surface area contributed by atoms with Crippen molar-refractivity contribution < 1.29 is 23.5 Å². The summed E-state index contributed by atoms with van der Waals surface area (Å²) < 4.78 is 21.9. The number of carbonyl (C=O) groups is 1. The molecule has 4 aromatic rings. The summed E-state index contributed by atoms with van der Waals surface area (Å²) in [5.41, 5.74) is 3.52. The predicted molar refractivity (Wildman–Crippen MR) is 150 cm³/mol. The van der Waals surface area contributed by atoms with E-state index in [4.69, 9.17) is 53.5 Å². The molecule has 1 saturated carbocycles. The second kappa shape index (κ2) is 11.6. The molecule has 198 valence electrons. The third-order valence-corrected chi connectivity index (χ3v) is 7.14. The summed E-state index contributed by atoms with van der Waals surface area (Å²) >= 11 is 19.4. The molecule has 0 amide bonds. The molecule has 1 fully saturated rings. The van der Waals surface area contributed by atoms with Gasteiger partial charge in [-0.25, -0.2) is 4.79 Å². The third-order valence-electron chi connectivity index (χ3n) is 6.19. The van der Waals surface area contributed by atoms with Gasteiger partial charge in [-0.1, -0.05) is 57.9 Å². The van der Waals surface area contributed by atoms with E-state index in [-0.39, 0.29) is 6.61 Å². The van der Waals surface area contributed by atoms with Crippen molar-refractivity contribution in [1.82, 2.24) is 5.16 Å². The van der Waals surface area contributed by atoms with Crippen molar-refractivity contribution in [2.45, 2.75) is 25.4 Å². The maximum atomic E-state index is 12.0. The summed E-state index contributed by atoms with van der Waals surface area (Å²) in [6.45, 7) is 0.202. The largest absolute Gasteiger partial charge is 0.497 e. The van der Waals surface area contributed by atoms with Crippen LogP contribution < -0.4 is 9.47 Å². The lowest BCUT2D eigenvalue weighted by Crippen LogP contribution is -2.02. The van der Waals surface area contributed by atoms with Crippen LogP contribution in [-0.4, -0.2) is 25.3 Å². The Labute approximate surface area is 240 Å². The fourth-order valence-corrected chi connectivity index (χ4v) is 4.85. The number of rotatable bonds is 7. The fourth-order valence-electron chi connectivity index (χ4n) is 4.06. The van der Waals surface area contributed by atoms with Crippen molar-refractivity contribution in [3.63, 3.8) is 0 Å². The Morgan fingerprint density at radius 3 is 2.41 bits per heavy atom. The van der Waals surface area contributed by atoms with E-state index in [1.165, 1.54) is 14.2 Å². The maximum Gasteiger partial charge on any atom is 0.338 e. The number of benzene rings is 3. The minimum absolute atomic E-state index is 0.202. The highest BCUT2D eigenvalue weighted by Gasteiger charge is 2.33. The second-order valence-corrected chi connectivity index (χ2v) is 10.1. The van der Waals surface area contributed by atoms with Gasteiger partial charge in [0.05, 0.1) is 40.4 Å². The Balaban J connectivity index is 1.37. The first kappa shape index (κ1) is 27.0. The summed E-state index contributed by atoms with van der Waals surface area (Å²) in [6.07, 6.45) is 2.07. The highest BCUT2D eigenvalue weighted by atomic mass is 35.5. The quantitative estimate of drug-likeness (QED) is 0.163. The number of aromatic nitrogens is 1. The molecule has 0 bridgehead atoms. The summed E-state index contributed by atoms with van der Waals surface area (Å²) in [6, 6.07) is 15.5. The fraction of sp³-hybridized carbons (Fsp3) is 0.200. The van der Waals surface area contributed by atoms with Gasteiger partial charge in [0, 0.05) is 28.7 Å². The first-order valence-corrected chi connectivity index (χ1v) is 13.2. The van der Waals surface area contributed by atoms with E-state index >= 15 is 0 Å². The van der Waals surface area contributed by atoms with Crippen LogP contribution in [0.4, 0.5) is 0 Å². The van der Waals surface area contributed by atoms with Crippen LogP contribution in [0.5, 0.6) is 11.5 Å². The molecule has 9 heteroatoms. The van der Waals surface area contributed by atoms with Crippen LogP contribution in [0, 0.1) is 11.8 Å². The monoisotopic (exact) mass is 581 g/mol. The zero-order chi connectivity index (χ0) is 27.5. The van der Waals surface area contributed by atoms with E-state index in [0.29, 0.717) is 60.4 Å². The average Bonchev–Trinajstić information content (AvgIpc) is 3.70. The molecule has 1 aliphatic carbocycles. The van der Waals surface area contributed by atoms with Crippen molar-refractivity contribution in [3.05, 3.63) is 97.7 Å². The average molecular weight is 583 g/mol. The van der Waals surface area contributed by atoms with Crippen molar-refractivity contribution in [3.8, 4) is 34.6 Å². The predicted octanol–water partition coefficient (Wildman–Crippen LogP) is 7.95. The van der Waals surface area contributed by atoms with Gasteiger partial charge >= 0.3 is 5.97 Å². The van der Waals surface area contributed by atoms with E-state index in [1.54, 1.807) is 54.6 Å². The molecule has 0 radical (unpaired) electrons. The van der Waals surface area contributed by atoms with Crippen molar-refractivity contribution in [2.24, 2.45) is 0 Å². The molecule has 1 aromatic heterocycles. The van der Waals surface area contributed by atoms with Gasteiger partial charge < -0.3 is 18.7 Å². The molecule has 0 atom stereocenters. The van der Waals surface area contributed by atoms with Crippen LogP contribution >= 0.6 is 34.8 Å². The second-order valence-electron chi connectivity index (χ2n) is 8.87. The van der Waals surface area contributed by atoms with E-state index < -0.39 is 5.97 Å². The minimum Gasteiger partial charge on any atom is -0.497 e. The van der Waals surface area contributed by atoms with Crippen molar-refractivity contribution in [2.75, 3.05) is 14.2 Å². The van der Waals surface area contributed by atoms with Gasteiger partial charge in [-0.15, -0.1) is 0 Å². The number of nitrogens with zero attached hydrogens (tertiary/aromatic N) is 1. The smallest absolute Gasteiger partial charge is 0.338 e. The number of hydrogen-bond acceptors (Lipinski definition) is 6. The first-order valence-electron chi connectivity index (χ1n) is 12.0. The SMILES string of the molecule is COC(=O)c1cc(C#Cc2ccc(OCc3c(-c4c(Cl)cccc4Cl)noc3C3CC3)cc2Cl)cc(OC)c1. The highest BCUT2D eigenvalue weighted by Crippen LogP contribution is 2.46. The Kier molecular flexibility index (Phi) is 8.04. The van der Waals surface area contributed by atoms with Crippen LogP contribution in [-0.2, 0) is 11.3 Å². The van der Waals surface area contributed by atoms with Gasteiger partial charge in [-0.3, -0.25) is 0 Å². The van der Waals surface area contributed by atoms with Gasteiger partial charge in [0.2, 0.25) is 0 Å². The standard InChI is InChI=1S/C30H22Cl3NO5/c1-36-22-13-17(12-20(14-22)30(35)37-2)6-7-18-10-11-21(15-26(18)33)38-16-23-28(34-39-29(23)19-8-9-19)27-24(31)4-3-5-25(27)32/h3-5,10-15,19H,8-9,16H2,1-2H3. The Bertz CT molecular complexity index is 1590. The molecule has 0 N–H and O–H groups in total. The maximum absolute atomic E-state index is 12.0. The summed E-state index contributed by atoms with van der Waals surface area (Å²) in [5, 5.41) is 5.68. The Morgan fingerprint density at radius 1 is 0.974 bits per heavy atom. The van der Waals surface area contributed by atoms with Crippen molar-refractivity contribution >= 4 is 40.8 Å². The first-order chi connectivity index (χ1) is 18.9. The molecule has 5 rings (SSSR count). The molecular weight excluding hydrogens is 561 g/mol. The Morgan fingerprint density at radius 2 is 1.74 bits per heavy atom. The summed E-state index contributed by atoms with van der Waals surface area (Å²) in [7, 11) is 2.83. The van der Waals surface area contributed by atoms with E-state index in [1.807, 2.05) is 0 Å². The molecular formula is C30H22Cl3NO5. The molecule has 0 saturated heterocycles. The van der Waals surface area contributed by atoms with Crippen LogP contribution in [0.1, 0.15) is 51.6 Å². The summed E-state index contributed by atoms with van der Waals surface area (Å²) in [5.74, 6) is 7.73. The van der Waals surface area contributed by atoms with E-state index in [0.717, 1.165) is 24.2 Å². The molecule has 6 nitrogen and oxygen atoms in total. The number of carbonyl (C=O) groups excluding carboxylic acids is 1.